The molecule has 0 aromatic carbocycles. The number of amides is 1. The van der Waals surface area contributed by atoms with Gasteiger partial charge in [-0.1, -0.05) is 20.8 Å². The SMILES string of the molecule is CCN1[C@@H](C)CC[C@@]1(C(=O)O)C(=O)[C@@H](NC(=O)OC)C(C)C. The summed E-state index contributed by atoms with van der Waals surface area (Å²) in [7, 11) is 1.21. The number of nitrogens with one attached hydrogen (secondary N) is 1. The number of hydrogen-bond acceptors (Lipinski definition) is 5. The minimum absolute atomic E-state index is 0.0102. The molecule has 7 nitrogen and oxygen atoms in total. The van der Waals surface area contributed by atoms with E-state index in [9.17, 15) is 19.5 Å². The summed E-state index contributed by atoms with van der Waals surface area (Å²) in [5.74, 6) is -1.87. The number of likely N-dealkylation sites (N-methyl/N-ethyl adjacent to an activating group) is 1. The number of carbonyl (C=O) groups is 3. The van der Waals surface area contributed by atoms with Gasteiger partial charge < -0.3 is 15.2 Å². The molecule has 1 amide bonds. The summed E-state index contributed by atoms with van der Waals surface area (Å²) in [6.07, 6.45) is 0.152. The highest BCUT2D eigenvalue weighted by atomic mass is 16.5. The second kappa shape index (κ2) is 7.09. The highest BCUT2D eigenvalue weighted by Crippen LogP contribution is 2.36. The molecule has 1 rings (SSSR count). The van der Waals surface area contributed by atoms with Gasteiger partial charge in [-0.15, -0.1) is 0 Å². The zero-order valence-electron chi connectivity index (χ0n) is 13.9. The van der Waals surface area contributed by atoms with Crippen LogP contribution in [0.4, 0.5) is 4.79 Å². The van der Waals surface area contributed by atoms with E-state index in [1.54, 1.807) is 18.7 Å². The number of hydrogen-bond donors (Lipinski definition) is 2. The molecule has 0 unspecified atom stereocenters. The van der Waals surface area contributed by atoms with Crippen LogP contribution in [-0.4, -0.2) is 59.1 Å². The topological polar surface area (TPSA) is 95.9 Å². The smallest absolute Gasteiger partial charge is 0.407 e. The Labute approximate surface area is 131 Å². The van der Waals surface area contributed by atoms with E-state index >= 15 is 0 Å². The minimum Gasteiger partial charge on any atom is -0.480 e. The second-order valence-electron chi connectivity index (χ2n) is 6.06. The number of nitrogens with zero attached hydrogens (tertiary/aromatic N) is 1. The molecular formula is C15H26N2O5. The van der Waals surface area contributed by atoms with E-state index in [-0.39, 0.29) is 18.4 Å². The molecule has 1 saturated heterocycles. The summed E-state index contributed by atoms with van der Waals surface area (Å²) in [4.78, 5) is 38.2. The van der Waals surface area contributed by atoms with Gasteiger partial charge in [0.25, 0.3) is 0 Å². The summed E-state index contributed by atoms with van der Waals surface area (Å²) < 4.78 is 4.55. The van der Waals surface area contributed by atoms with Crippen molar-refractivity contribution in [1.29, 1.82) is 0 Å². The lowest BCUT2D eigenvalue weighted by Gasteiger charge is -2.38. The van der Waals surface area contributed by atoms with E-state index in [0.717, 1.165) is 0 Å². The normalized spacial score (nSPS) is 26.7. The molecule has 0 radical (unpaired) electrons. The third kappa shape index (κ3) is 3.09. The first-order chi connectivity index (χ1) is 10.2. The minimum atomic E-state index is -1.58. The molecule has 1 heterocycles. The van der Waals surface area contributed by atoms with Crippen LogP contribution in [0.3, 0.4) is 0 Å². The molecular weight excluding hydrogens is 288 g/mol. The molecule has 1 fully saturated rings. The van der Waals surface area contributed by atoms with Crippen LogP contribution in [0.5, 0.6) is 0 Å². The van der Waals surface area contributed by atoms with Gasteiger partial charge in [-0.05, 0) is 32.2 Å². The van der Waals surface area contributed by atoms with Crippen LogP contribution in [0.2, 0.25) is 0 Å². The van der Waals surface area contributed by atoms with Crippen molar-refractivity contribution in [2.45, 2.75) is 58.2 Å². The lowest BCUT2D eigenvalue weighted by atomic mass is 9.82. The first-order valence-electron chi connectivity index (χ1n) is 7.61. The maximum absolute atomic E-state index is 13.0. The molecule has 0 aromatic rings. The maximum Gasteiger partial charge on any atom is 0.407 e. The molecule has 2 N–H and O–H groups in total. The molecule has 0 aromatic heterocycles. The highest BCUT2D eigenvalue weighted by Gasteiger charge is 2.57. The largest absolute Gasteiger partial charge is 0.480 e. The van der Waals surface area contributed by atoms with E-state index in [4.69, 9.17) is 0 Å². The van der Waals surface area contributed by atoms with Gasteiger partial charge in [0.05, 0.1) is 13.2 Å². The van der Waals surface area contributed by atoms with Crippen LogP contribution >= 0.6 is 0 Å². The van der Waals surface area contributed by atoms with E-state index in [0.29, 0.717) is 13.0 Å². The predicted octanol–water partition coefficient (Wildman–Crippen LogP) is 1.26. The number of Topliss-reactive ketones (excluding diaryl/α,β-unsaturated/α-hetero) is 1. The van der Waals surface area contributed by atoms with Crippen molar-refractivity contribution in [2.75, 3.05) is 13.7 Å². The third-order valence-corrected chi connectivity index (χ3v) is 4.46. The third-order valence-electron chi connectivity index (χ3n) is 4.46. The molecule has 22 heavy (non-hydrogen) atoms. The Morgan fingerprint density at radius 1 is 1.41 bits per heavy atom. The van der Waals surface area contributed by atoms with Gasteiger partial charge >= 0.3 is 12.1 Å². The fourth-order valence-electron chi connectivity index (χ4n) is 3.25. The monoisotopic (exact) mass is 314 g/mol. The quantitative estimate of drug-likeness (QED) is 0.717. The van der Waals surface area contributed by atoms with Crippen LogP contribution in [0.15, 0.2) is 0 Å². The van der Waals surface area contributed by atoms with E-state index in [1.807, 2.05) is 13.8 Å². The van der Waals surface area contributed by atoms with E-state index in [1.165, 1.54) is 7.11 Å². The number of aliphatic carboxylic acids is 1. The Morgan fingerprint density at radius 3 is 2.41 bits per heavy atom. The maximum atomic E-state index is 13.0. The summed E-state index contributed by atoms with van der Waals surface area (Å²) in [5.41, 5.74) is -1.58. The average molecular weight is 314 g/mol. The van der Waals surface area contributed by atoms with E-state index < -0.39 is 29.4 Å². The fourth-order valence-corrected chi connectivity index (χ4v) is 3.25. The van der Waals surface area contributed by atoms with Gasteiger partial charge in [0.1, 0.15) is 0 Å². The van der Waals surface area contributed by atoms with Gasteiger partial charge in [-0.3, -0.25) is 9.69 Å². The number of ketones is 1. The van der Waals surface area contributed by atoms with Crippen molar-refractivity contribution in [3.63, 3.8) is 0 Å². The molecule has 3 atom stereocenters. The zero-order chi connectivity index (χ0) is 17.1. The molecule has 0 saturated carbocycles. The molecule has 0 aliphatic carbocycles. The average Bonchev–Trinajstić information content (AvgIpc) is 2.81. The Morgan fingerprint density at radius 2 is 2.00 bits per heavy atom. The number of carboxylic acid groups (broad SMARTS) is 1. The van der Waals surface area contributed by atoms with Crippen molar-refractivity contribution >= 4 is 17.8 Å². The molecule has 1 aliphatic heterocycles. The summed E-state index contributed by atoms with van der Waals surface area (Å²) in [6, 6.07) is -0.890. The van der Waals surface area contributed by atoms with Gasteiger partial charge in [0.2, 0.25) is 0 Å². The number of ether oxygens (including phenoxy) is 1. The first-order valence-corrected chi connectivity index (χ1v) is 7.61. The summed E-state index contributed by atoms with van der Waals surface area (Å²) >= 11 is 0. The van der Waals surface area contributed by atoms with Crippen LogP contribution < -0.4 is 5.32 Å². The molecule has 0 spiro atoms. The van der Waals surface area contributed by atoms with Crippen molar-refractivity contribution in [2.24, 2.45) is 5.92 Å². The number of likely N-dealkylation sites (tertiary alicyclic amines) is 1. The Bertz CT molecular complexity index is 451. The molecule has 1 aliphatic rings. The highest BCUT2D eigenvalue weighted by molar-refractivity contribution is 6.11. The predicted molar refractivity (Wildman–Crippen MR) is 80.6 cm³/mol. The number of methoxy groups -OCH3 is 1. The van der Waals surface area contributed by atoms with E-state index in [2.05, 4.69) is 10.1 Å². The Balaban J connectivity index is 3.21. The Hall–Kier alpha value is -1.63. The van der Waals surface area contributed by atoms with Crippen molar-refractivity contribution in [3.8, 4) is 0 Å². The Kier molecular flexibility index (Phi) is 5.93. The van der Waals surface area contributed by atoms with Crippen LogP contribution in [0.25, 0.3) is 0 Å². The van der Waals surface area contributed by atoms with Crippen molar-refractivity contribution < 1.29 is 24.2 Å². The van der Waals surface area contributed by atoms with Crippen LogP contribution in [0.1, 0.15) is 40.5 Å². The van der Waals surface area contributed by atoms with Crippen LogP contribution in [-0.2, 0) is 14.3 Å². The summed E-state index contributed by atoms with van der Waals surface area (Å²) in [6.45, 7) is 7.75. The zero-order valence-corrected chi connectivity index (χ0v) is 13.9. The number of rotatable bonds is 6. The number of carboxylic acids is 1. The number of alkyl carbamates (subject to hydrolysis) is 1. The standard InChI is InChI=1S/C15H26N2O5/c1-6-17-10(4)7-8-15(17,13(19)20)12(18)11(9(2)3)16-14(21)22-5/h9-11H,6-8H2,1-5H3,(H,16,21)(H,19,20)/t10-,11-,15-/m0/s1. The fraction of sp³-hybridized carbons (Fsp3) is 0.800. The van der Waals surface area contributed by atoms with Gasteiger partial charge in [0, 0.05) is 6.04 Å². The lowest BCUT2D eigenvalue weighted by molar-refractivity contribution is -0.157. The number of carbonyl (C=O) groups excluding carboxylic acids is 2. The van der Waals surface area contributed by atoms with Crippen molar-refractivity contribution in [1.82, 2.24) is 10.2 Å². The van der Waals surface area contributed by atoms with Crippen molar-refractivity contribution in [3.05, 3.63) is 0 Å². The lowest BCUT2D eigenvalue weighted by Crippen LogP contribution is -2.64. The van der Waals surface area contributed by atoms with Gasteiger partial charge in [0.15, 0.2) is 11.3 Å². The van der Waals surface area contributed by atoms with Gasteiger partial charge in [-0.2, -0.15) is 0 Å². The molecule has 7 heteroatoms. The van der Waals surface area contributed by atoms with Gasteiger partial charge in [-0.25, -0.2) is 9.59 Å². The molecule has 126 valence electrons. The summed E-state index contributed by atoms with van der Waals surface area (Å²) in [5, 5.41) is 12.3. The molecule has 0 bridgehead atoms. The first kappa shape index (κ1) is 18.4. The second-order valence-corrected chi connectivity index (χ2v) is 6.06. The van der Waals surface area contributed by atoms with Crippen LogP contribution in [0, 0.1) is 5.92 Å².